The Morgan fingerprint density at radius 2 is 2.05 bits per heavy atom. The second-order valence-corrected chi connectivity index (χ2v) is 6.07. The molecule has 2 aliphatic rings. The molecule has 0 spiro atoms. The molecule has 0 aromatic heterocycles. The first kappa shape index (κ1) is 13.9. The Morgan fingerprint density at radius 3 is 2.70 bits per heavy atom. The number of rotatable bonds is 6. The highest BCUT2D eigenvalue weighted by atomic mass is 16.5. The maximum atomic E-state index is 6.56. The predicted octanol–water partition coefficient (Wildman–Crippen LogP) is 3.58. The smallest absolute Gasteiger partial charge is 0.120 e. The Kier molecular flexibility index (Phi) is 3.99. The Bertz CT molecular complexity index is 450. The van der Waals surface area contributed by atoms with Gasteiger partial charge in [-0.15, -0.1) is 0 Å². The third kappa shape index (κ3) is 2.84. The van der Waals surface area contributed by atoms with E-state index < -0.39 is 0 Å². The fraction of sp³-hybridized carbons (Fsp3) is 0.647. The molecule has 0 saturated heterocycles. The average Bonchev–Trinajstić information content (AvgIpc) is 3.14. The molecule has 1 atom stereocenters. The van der Waals surface area contributed by atoms with Gasteiger partial charge in [0.1, 0.15) is 5.75 Å². The zero-order chi connectivity index (χ0) is 14.0. The van der Waals surface area contributed by atoms with Crippen LogP contribution in [-0.2, 0) is 4.74 Å². The minimum Gasteiger partial charge on any atom is -0.490 e. The second kappa shape index (κ2) is 5.74. The highest BCUT2D eigenvalue weighted by Crippen LogP contribution is 2.42. The van der Waals surface area contributed by atoms with E-state index in [4.69, 9.17) is 15.2 Å². The lowest BCUT2D eigenvalue weighted by atomic mass is 9.87. The maximum absolute atomic E-state index is 6.56. The molecule has 1 aromatic rings. The summed E-state index contributed by atoms with van der Waals surface area (Å²) in [6, 6.07) is 8.21. The van der Waals surface area contributed by atoms with Crippen LogP contribution in [0.1, 0.15) is 57.1 Å². The molecule has 2 N–H and O–H groups in total. The molecule has 2 saturated carbocycles. The van der Waals surface area contributed by atoms with Gasteiger partial charge in [0.25, 0.3) is 0 Å². The minimum atomic E-state index is -0.174. The van der Waals surface area contributed by atoms with E-state index in [-0.39, 0.29) is 11.6 Å². The van der Waals surface area contributed by atoms with Crippen LogP contribution in [0.5, 0.6) is 5.75 Å². The van der Waals surface area contributed by atoms with Crippen LogP contribution in [-0.4, -0.2) is 18.3 Å². The summed E-state index contributed by atoms with van der Waals surface area (Å²) in [4.78, 5) is 0. The standard InChI is InChI=1S/C17H25NO2/c1-2-19-17(10-3-4-11-17)16(18)13-6-5-7-15(12-13)20-14-8-9-14/h5-7,12,14,16H,2-4,8-11,18H2,1H3. The molecule has 0 heterocycles. The van der Waals surface area contributed by atoms with Crippen LogP contribution in [0.25, 0.3) is 0 Å². The molecule has 1 unspecified atom stereocenters. The SMILES string of the molecule is CCOC1(C(N)c2cccc(OC3CC3)c2)CCCC1. The first-order valence-electron chi connectivity index (χ1n) is 7.90. The van der Waals surface area contributed by atoms with Crippen molar-refractivity contribution in [3.63, 3.8) is 0 Å². The average molecular weight is 275 g/mol. The van der Waals surface area contributed by atoms with Crippen LogP contribution in [0, 0.1) is 0 Å². The minimum absolute atomic E-state index is 0.0623. The Balaban J connectivity index is 1.78. The van der Waals surface area contributed by atoms with E-state index in [0.29, 0.717) is 6.10 Å². The molecule has 3 nitrogen and oxygen atoms in total. The molecular weight excluding hydrogens is 250 g/mol. The highest BCUT2D eigenvalue weighted by Gasteiger charge is 2.41. The van der Waals surface area contributed by atoms with Gasteiger partial charge in [-0.25, -0.2) is 0 Å². The van der Waals surface area contributed by atoms with E-state index in [1.807, 2.05) is 12.1 Å². The molecule has 3 rings (SSSR count). The van der Waals surface area contributed by atoms with Crippen LogP contribution in [0.15, 0.2) is 24.3 Å². The first-order valence-corrected chi connectivity index (χ1v) is 7.90. The largest absolute Gasteiger partial charge is 0.490 e. The number of ether oxygens (including phenoxy) is 2. The monoisotopic (exact) mass is 275 g/mol. The summed E-state index contributed by atoms with van der Waals surface area (Å²) in [7, 11) is 0. The molecule has 0 amide bonds. The number of benzene rings is 1. The summed E-state index contributed by atoms with van der Waals surface area (Å²) in [6.07, 6.45) is 7.34. The van der Waals surface area contributed by atoms with Gasteiger partial charge in [0.15, 0.2) is 0 Å². The van der Waals surface area contributed by atoms with Crippen LogP contribution >= 0.6 is 0 Å². The second-order valence-electron chi connectivity index (χ2n) is 6.07. The zero-order valence-corrected chi connectivity index (χ0v) is 12.3. The first-order chi connectivity index (χ1) is 9.73. The van der Waals surface area contributed by atoms with Crippen LogP contribution in [0.3, 0.4) is 0 Å². The lowest BCUT2D eigenvalue weighted by Gasteiger charge is -2.35. The van der Waals surface area contributed by atoms with E-state index in [2.05, 4.69) is 19.1 Å². The summed E-state index contributed by atoms with van der Waals surface area (Å²) in [5, 5.41) is 0. The third-order valence-corrected chi connectivity index (χ3v) is 4.49. The van der Waals surface area contributed by atoms with Crippen molar-refractivity contribution in [1.29, 1.82) is 0 Å². The quantitative estimate of drug-likeness (QED) is 0.863. The van der Waals surface area contributed by atoms with E-state index >= 15 is 0 Å². The molecule has 110 valence electrons. The van der Waals surface area contributed by atoms with Crippen molar-refractivity contribution in [2.75, 3.05) is 6.61 Å². The van der Waals surface area contributed by atoms with Crippen LogP contribution in [0.2, 0.25) is 0 Å². The summed E-state index contributed by atoms with van der Waals surface area (Å²) < 4.78 is 11.9. The van der Waals surface area contributed by atoms with Gasteiger partial charge in [-0.3, -0.25) is 0 Å². The Morgan fingerprint density at radius 1 is 1.30 bits per heavy atom. The van der Waals surface area contributed by atoms with Crippen LogP contribution in [0.4, 0.5) is 0 Å². The molecule has 20 heavy (non-hydrogen) atoms. The van der Waals surface area contributed by atoms with E-state index in [0.717, 1.165) is 30.8 Å². The molecular formula is C17H25NO2. The van der Waals surface area contributed by atoms with Gasteiger partial charge >= 0.3 is 0 Å². The van der Waals surface area contributed by atoms with Crippen molar-refractivity contribution in [3.05, 3.63) is 29.8 Å². The van der Waals surface area contributed by atoms with Crippen molar-refractivity contribution >= 4 is 0 Å². The molecule has 2 fully saturated rings. The summed E-state index contributed by atoms with van der Waals surface area (Å²) in [5.41, 5.74) is 7.52. The van der Waals surface area contributed by atoms with E-state index in [9.17, 15) is 0 Å². The molecule has 0 radical (unpaired) electrons. The number of hydrogen-bond donors (Lipinski definition) is 1. The van der Waals surface area contributed by atoms with Gasteiger partial charge in [-0.1, -0.05) is 25.0 Å². The van der Waals surface area contributed by atoms with Gasteiger partial charge in [-0.05, 0) is 50.3 Å². The van der Waals surface area contributed by atoms with Gasteiger partial charge in [0.2, 0.25) is 0 Å². The molecule has 0 bridgehead atoms. The molecule has 3 heteroatoms. The zero-order valence-electron chi connectivity index (χ0n) is 12.3. The molecule has 0 aliphatic heterocycles. The molecule has 1 aromatic carbocycles. The normalized spacial score (nSPS) is 22.7. The maximum Gasteiger partial charge on any atom is 0.120 e. The Hall–Kier alpha value is -1.06. The van der Waals surface area contributed by atoms with E-state index in [1.165, 1.54) is 25.7 Å². The summed E-state index contributed by atoms with van der Waals surface area (Å²) >= 11 is 0. The Labute approximate surface area is 121 Å². The van der Waals surface area contributed by atoms with Crippen molar-refractivity contribution in [1.82, 2.24) is 0 Å². The van der Waals surface area contributed by atoms with Crippen molar-refractivity contribution in [2.24, 2.45) is 5.73 Å². The van der Waals surface area contributed by atoms with Gasteiger partial charge in [0.05, 0.1) is 17.7 Å². The lowest BCUT2D eigenvalue weighted by Crippen LogP contribution is -2.41. The van der Waals surface area contributed by atoms with Crippen molar-refractivity contribution < 1.29 is 9.47 Å². The van der Waals surface area contributed by atoms with E-state index in [1.54, 1.807) is 0 Å². The summed E-state index contributed by atoms with van der Waals surface area (Å²) in [6.45, 7) is 2.78. The third-order valence-electron chi connectivity index (χ3n) is 4.49. The summed E-state index contributed by atoms with van der Waals surface area (Å²) in [5.74, 6) is 0.949. The highest BCUT2D eigenvalue weighted by molar-refractivity contribution is 5.32. The number of nitrogens with two attached hydrogens (primary N) is 1. The predicted molar refractivity (Wildman–Crippen MR) is 79.8 cm³/mol. The van der Waals surface area contributed by atoms with Crippen molar-refractivity contribution in [3.8, 4) is 5.75 Å². The fourth-order valence-electron chi connectivity index (χ4n) is 3.27. The fourth-order valence-corrected chi connectivity index (χ4v) is 3.27. The van der Waals surface area contributed by atoms with Gasteiger partial charge < -0.3 is 15.2 Å². The van der Waals surface area contributed by atoms with Crippen molar-refractivity contribution in [2.45, 2.75) is 63.2 Å². The number of hydrogen-bond acceptors (Lipinski definition) is 3. The van der Waals surface area contributed by atoms with Crippen LogP contribution < -0.4 is 10.5 Å². The topological polar surface area (TPSA) is 44.5 Å². The van der Waals surface area contributed by atoms with Gasteiger partial charge in [-0.2, -0.15) is 0 Å². The van der Waals surface area contributed by atoms with Gasteiger partial charge in [0, 0.05) is 6.61 Å². The lowest BCUT2D eigenvalue weighted by molar-refractivity contribution is -0.0536. The molecule has 2 aliphatic carbocycles.